The second-order valence-corrected chi connectivity index (χ2v) is 5.40. The molecule has 0 atom stereocenters. The van der Waals surface area contributed by atoms with Gasteiger partial charge in [0.05, 0.1) is 11.4 Å². The number of halogens is 2. The average molecular weight is 354 g/mol. The van der Waals surface area contributed by atoms with E-state index in [1.54, 1.807) is 0 Å². The van der Waals surface area contributed by atoms with Crippen molar-refractivity contribution in [1.82, 2.24) is 4.98 Å². The summed E-state index contributed by atoms with van der Waals surface area (Å²) in [6, 6.07) is 9.65. The Labute approximate surface area is 148 Å². The van der Waals surface area contributed by atoms with Crippen LogP contribution < -0.4 is 10.6 Å². The monoisotopic (exact) mass is 353 g/mol. The number of benzene rings is 1. The molecule has 2 heterocycles. The lowest BCUT2D eigenvalue weighted by Gasteiger charge is -2.20. The van der Waals surface area contributed by atoms with Crippen LogP contribution in [0.3, 0.4) is 0 Å². The van der Waals surface area contributed by atoms with E-state index in [0.717, 1.165) is 53.3 Å². The zero-order valence-electron chi connectivity index (χ0n) is 13.2. The van der Waals surface area contributed by atoms with Crippen molar-refractivity contribution in [3.8, 4) is 0 Å². The molecular weight excluding hydrogens is 333 g/mol. The van der Waals surface area contributed by atoms with E-state index in [2.05, 4.69) is 15.6 Å². The van der Waals surface area contributed by atoms with E-state index < -0.39 is 0 Å². The van der Waals surface area contributed by atoms with Gasteiger partial charge in [-0.25, -0.2) is 0 Å². The lowest BCUT2D eigenvalue weighted by molar-refractivity contribution is 0.102. The molecule has 0 bridgehead atoms. The number of nitrogens with one attached hydrogen (secondary N) is 2. The number of fused-ring (bicyclic) bond motifs is 1. The van der Waals surface area contributed by atoms with E-state index >= 15 is 0 Å². The Morgan fingerprint density at radius 3 is 2.70 bits per heavy atom. The van der Waals surface area contributed by atoms with Gasteiger partial charge in [-0.15, -0.1) is 24.8 Å². The molecule has 1 aromatic heterocycles. The fraction of sp³-hybridized carbons (Fsp3) is 0.294. The number of aromatic nitrogens is 1. The van der Waals surface area contributed by atoms with Crippen molar-refractivity contribution in [3.63, 3.8) is 0 Å². The summed E-state index contributed by atoms with van der Waals surface area (Å²) in [6.45, 7) is 4.82. The SMILES string of the molecule is Cc1ccc(NC(=O)c2cccc3c2CCCN3)c(C)n1.Cl.Cl. The van der Waals surface area contributed by atoms with Gasteiger partial charge in [0, 0.05) is 23.5 Å². The lowest BCUT2D eigenvalue weighted by Crippen LogP contribution is -2.19. The van der Waals surface area contributed by atoms with Gasteiger partial charge in [0.25, 0.3) is 5.91 Å². The predicted octanol–water partition coefficient (Wildman–Crippen LogP) is 4.15. The van der Waals surface area contributed by atoms with Crippen molar-refractivity contribution in [2.75, 3.05) is 17.2 Å². The maximum atomic E-state index is 12.6. The first-order valence-electron chi connectivity index (χ1n) is 7.26. The van der Waals surface area contributed by atoms with Gasteiger partial charge >= 0.3 is 0 Å². The minimum Gasteiger partial charge on any atom is -0.385 e. The standard InChI is InChI=1S/C17H19N3O.2ClH/c1-11-8-9-15(12(2)19-11)20-17(21)14-5-3-7-16-13(14)6-4-10-18-16;;/h3,5,7-9,18H,4,6,10H2,1-2H3,(H,20,21);2*1H. The largest absolute Gasteiger partial charge is 0.385 e. The highest BCUT2D eigenvalue weighted by molar-refractivity contribution is 6.06. The molecule has 2 aromatic rings. The molecule has 0 unspecified atom stereocenters. The number of carbonyl (C=O) groups is 1. The van der Waals surface area contributed by atoms with Gasteiger partial charge in [0.1, 0.15) is 0 Å². The normalized spacial score (nSPS) is 12.1. The molecule has 3 rings (SSSR count). The molecular formula is C17H21Cl2N3O. The summed E-state index contributed by atoms with van der Waals surface area (Å²) in [6.07, 6.45) is 2.00. The molecule has 0 radical (unpaired) electrons. The van der Waals surface area contributed by atoms with Crippen LogP contribution in [0.25, 0.3) is 0 Å². The van der Waals surface area contributed by atoms with E-state index in [0.29, 0.717) is 0 Å². The quantitative estimate of drug-likeness (QED) is 0.852. The van der Waals surface area contributed by atoms with Gasteiger partial charge in [-0.2, -0.15) is 0 Å². The molecule has 0 spiro atoms. The zero-order chi connectivity index (χ0) is 14.8. The second-order valence-electron chi connectivity index (χ2n) is 5.40. The van der Waals surface area contributed by atoms with Crippen molar-refractivity contribution in [2.24, 2.45) is 0 Å². The highest BCUT2D eigenvalue weighted by atomic mass is 35.5. The van der Waals surface area contributed by atoms with Gasteiger partial charge < -0.3 is 10.6 Å². The fourth-order valence-corrected chi connectivity index (χ4v) is 2.73. The van der Waals surface area contributed by atoms with E-state index in [-0.39, 0.29) is 30.7 Å². The van der Waals surface area contributed by atoms with Crippen LogP contribution in [0.1, 0.15) is 33.7 Å². The summed E-state index contributed by atoms with van der Waals surface area (Å²) in [5.74, 6) is -0.0655. The molecule has 1 amide bonds. The Hall–Kier alpha value is -1.78. The number of hydrogen-bond donors (Lipinski definition) is 2. The molecule has 2 N–H and O–H groups in total. The topological polar surface area (TPSA) is 54.0 Å². The highest BCUT2D eigenvalue weighted by Crippen LogP contribution is 2.26. The summed E-state index contributed by atoms with van der Waals surface area (Å²) in [4.78, 5) is 16.9. The molecule has 4 nitrogen and oxygen atoms in total. The lowest BCUT2D eigenvalue weighted by atomic mass is 9.97. The maximum absolute atomic E-state index is 12.6. The molecule has 0 saturated heterocycles. The number of rotatable bonds is 2. The van der Waals surface area contributed by atoms with Crippen molar-refractivity contribution in [2.45, 2.75) is 26.7 Å². The van der Waals surface area contributed by atoms with Crippen LogP contribution in [0.2, 0.25) is 0 Å². The number of amides is 1. The van der Waals surface area contributed by atoms with Gasteiger partial charge in [0.15, 0.2) is 0 Å². The number of nitrogens with zero attached hydrogens (tertiary/aromatic N) is 1. The Morgan fingerprint density at radius 1 is 1.17 bits per heavy atom. The number of aryl methyl sites for hydroxylation is 2. The third-order valence-corrected chi connectivity index (χ3v) is 3.81. The van der Waals surface area contributed by atoms with Crippen molar-refractivity contribution in [3.05, 3.63) is 52.8 Å². The van der Waals surface area contributed by atoms with Crippen molar-refractivity contribution >= 4 is 42.1 Å². The van der Waals surface area contributed by atoms with E-state index in [9.17, 15) is 4.79 Å². The van der Waals surface area contributed by atoms with E-state index in [1.807, 2.05) is 44.2 Å². The van der Waals surface area contributed by atoms with Crippen LogP contribution in [0.4, 0.5) is 11.4 Å². The minimum absolute atomic E-state index is 0. The Balaban J connectivity index is 0.00000132. The molecule has 6 heteroatoms. The summed E-state index contributed by atoms with van der Waals surface area (Å²) in [7, 11) is 0. The minimum atomic E-state index is -0.0655. The van der Waals surface area contributed by atoms with E-state index in [1.165, 1.54) is 0 Å². The van der Waals surface area contributed by atoms with Gasteiger partial charge in [-0.1, -0.05) is 6.07 Å². The molecule has 1 aliphatic rings. The van der Waals surface area contributed by atoms with Crippen molar-refractivity contribution in [1.29, 1.82) is 0 Å². The maximum Gasteiger partial charge on any atom is 0.256 e. The predicted molar refractivity (Wildman–Crippen MR) is 99.4 cm³/mol. The first-order chi connectivity index (χ1) is 10.1. The zero-order valence-corrected chi connectivity index (χ0v) is 14.8. The van der Waals surface area contributed by atoms with Crippen LogP contribution in [0.15, 0.2) is 30.3 Å². The Bertz CT molecular complexity index is 704. The average Bonchev–Trinajstić information content (AvgIpc) is 2.49. The first-order valence-corrected chi connectivity index (χ1v) is 7.26. The number of anilines is 2. The number of carbonyl (C=O) groups excluding carboxylic acids is 1. The number of hydrogen-bond acceptors (Lipinski definition) is 3. The molecule has 0 aliphatic carbocycles. The fourth-order valence-electron chi connectivity index (χ4n) is 2.73. The molecule has 124 valence electrons. The highest BCUT2D eigenvalue weighted by Gasteiger charge is 2.17. The molecule has 1 aromatic carbocycles. The Kier molecular flexibility index (Phi) is 6.85. The molecule has 0 fully saturated rings. The van der Waals surface area contributed by atoms with Crippen LogP contribution in [-0.4, -0.2) is 17.4 Å². The van der Waals surface area contributed by atoms with Gasteiger partial charge in [-0.3, -0.25) is 9.78 Å². The third-order valence-electron chi connectivity index (χ3n) is 3.81. The summed E-state index contributed by atoms with van der Waals surface area (Å²) >= 11 is 0. The summed E-state index contributed by atoms with van der Waals surface area (Å²) in [5, 5.41) is 6.32. The third kappa shape index (κ3) is 4.15. The molecule has 0 saturated carbocycles. The smallest absolute Gasteiger partial charge is 0.256 e. The summed E-state index contributed by atoms with van der Waals surface area (Å²) in [5.41, 5.74) is 5.50. The second kappa shape index (κ2) is 8.18. The van der Waals surface area contributed by atoms with Crippen LogP contribution in [0.5, 0.6) is 0 Å². The van der Waals surface area contributed by atoms with Crippen LogP contribution >= 0.6 is 24.8 Å². The number of pyridine rings is 1. The van der Waals surface area contributed by atoms with Crippen LogP contribution in [0, 0.1) is 13.8 Å². The summed E-state index contributed by atoms with van der Waals surface area (Å²) < 4.78 is 0. The van der Waals surface area contributed by atoms with Crippen LogP contribution in [-0.2, 0) is 6.42 Å². The van der Waals surface area contributed by atoms with E-state index in [4.69, 9.17) is 0 Å². The Morgan fingerprint density at radius 2 is 1.96 bits per heavy atom. The molecule has 1 aliphatic heterocycles. The van der Waals surface area contributed by atoms with Gasteiger partial charge in [0.2, 0.25) is 0 Å². The first kappa shape index (κ1) is 19.3. The van der Waals surface area contributed by atoms with Crippen molar-refractivity contribution < 1.29 is 4.79 Å². The molecule has 23 heavy (non-hydrogen) atoms. The van der Waals surface area contributed by atoms with Gasteiger partial charge in [-0.05, 0) is 56.5 Å².